The molecule has 1 saturated heterocycles. The first-order valence-electron chi connectivity index (χ1n) is 7.56. The molecular formula is C17H23N3O. The van der Waals surface area contributed by atoms with Crippen molar-refractivity contribution in [3.8, 4) is 6.07 Å². The standard InChI is InChI=1S/C17H23N3O/c1-12(2)15-8-9-20(11-15)13(3)17(21)19-16-6-4-14(10-18)5-7-16/h4-7,12-13,15H,8-9,11H2,1-3H3,(H,19,21). The molecule has 1 N–H and O–H groups in total. The number of nitrogens with one attached hydrogen (secondary N) is 1. The third-order valence-electron chi connectivity index (χ3n) is 4.41. The second-order valence-corrected chi connectivity index (χ2v) is 6.14. The van der Waals surface area contributed by atoms with Gasteiger partial charge in [0.2, 0.25) is 5.91 Å². The zero-order valence-corrected chi connectivity index (χ0v) is 13.0. The molecule has 4 heteroatoms. The van der Waals surface area contributed by atoms with Crippen molar-refractivity contribution < 1.29 is 4.79 Å². The molecule has 1 aliphatic rings. The molecular weight excluding hydrogens is 262 g/mol. The van der Waals surface area contributed by atoms with E-state index in [0.717, 1.165) is 18.8 Å². The summed E-state index contributed by atoms with van der Waals surface area (Å²) in [5.74, 6) is 1.38. The molecule has 0 spiro atoms. The van der Waals surface area contributed by atoms with Crippen molar-refractivity contribution in [2.75, 3.05) is 18.4 Å². The SMILES string of the molecule is CC(C)C1CCN(C(C)C(=O)Nc2ccc(C#N)cc2)C1. The summed E-state index contributed by atoms with van der Waals surface area (Å²) in [6.07, 6.45) is 1.17. The number of carbonyl (C=O) groups is 1. The Morgan fingerprint density at radius 2 is 2.00 bits per heavy atom. The van der Waals surface area contributed by atoms with Crippen LogP contribution in [0.25, 0.3) is 0 Å². The van der Waals surface area contributed by atoms with Gasteiger partial charge in [-0.2, -0.15) is 5.26 Å². The topological polar surface area (TPSA) is 56.1 Å². The molecule has 1 fully saturated rings. The number of likely N-dealkylation sites (tertiary alicyclic amines) is 1. The molecule has 21 heavy (non-hydrogen) atoms. The van der Waals surface area contributed by atoms with Gasteiger partial charge >= 0.3 is 0 Å². The molecule has 0 bridgehead atoms. The summed E-state index contributed by atoms with van der Waals surface area (Å²) in [7, 11) is 0. The van der Waals surface area contributed by atoms with Crippen LogP contribution in [0.5, 0.6) is 0 Å². The van der Waals surface area contributed by atoms with Crippen molar-refractivity contribution in [3.05, 3.63) is 29.8 Å². The molecule has 2 rings (SSSR count). The van der Waals surface area contributed by atoms with Crippen molar-refractivity contribution in [2.24, 2.45) is 11.8 Å². The van der Waals surface area contributed by atoms with Gasteiger partial charge < -0.3 is 5.32 Å². The molecule has 1 amide bonds. The second kappa shape index (κ2) is 6.73. The monoisotopic (exact) mass is 285 g/mol. The van der Waals surface area contributed by atoms with Crippen LogP contribution in [0, 0.1) is 23.2 Å². The summed E-state index contributed by atoms with van der Waals surface area (Å²) < 4.78 is 0. The normalized spacial score (nSPS) is 20.2. The van der Waals surface area contributed by atoms with Gasteiger partial charge in [-0.25, -0.2) is 0 Å². The number of nitrogens with zero attached hydrogens (tertiary/aromatic N) is 2. The van der Waals surface area contributed by atoms with Gasteiger partial charge in [-0.1, -0.05) is 13.8 Å². The number of benzene rings is 1. The fourth-order valence-electron chi connectivity index (χ4n) is 2.75. The van der Waals surface area contributed by atoms with Gasteiger partial charge in [-0.15, -0.1) is 0 Å². The maximum Gasteiger partial charge on any atom is 0.241 e. The number of anilines is 1. The van der Waals surface area contributed by atoms with Crippen LogP contribution in [0.1, 0.15) is 32.8 Å². The van der Waals surface area contributed by atoms with E-state index >= 15 is 0 Å². The van der Waals surface area contributed by atoms with E-state index in [4.69, 9.17) is 5.26 Å². The molecule has 0 aliphatic carbocycles. The minimum absolute atomic E-state index is 0.0177. The van der Waals surface area contributed by atoms with Gasteiger partial charge in [0.25, 0.3) is 0 Å². The van der Waals surface area contributed by atoms with Crippen LogP contribution in [0.15, 0.2) is 24.3 Å². The molecule has 2 atom stereocenters. The highest BCUT2D eigenvalue weighted by atomic mass is 16.2. The van der Waals surface area contributed by atoms with Gasteiger partial charge in [-0.3, -0.25) is 9.69 Å². The quantitative estimate of drug-likeness (QED) is 0.925. The van der Waals surface area contributed by atoms with E-state index in [1.54, 1.807) is 24.3 Å². The Labute approximate surface area is 126 Å². The van der Waals surface area contributed by atoms with E-state index in [9.17, 15) is 4.79 Å². The average Bonchev–Trinajstić information content (AvgIpc) is 2.97. The van der Waals surface area contributed by atoms with Crippen LogP contribution in [0.2, 0.25) is 0 Å². The highest BCUT2D eigenvalue weighted by Crippen LogP contribution is 2.25. The largest absolute Gasteiger partial charge is 0.325 e. The predicted molar refractivity (Wildman–Crippen MR) is 83.8 cm³/mol. The van der Waals surface area contributed by atoms with E-state index in [-0.39, 0.29) is 11.9 Å². The predicted octanol–water partition coefficient (Wildman–Crippen LogP) is 2.86. The van der Waals surface area contributed by atoms with Gasteiger partial charge in [0, 0.05) is 12.2 Å². The fraction of sp³-hybridized carbons (Fsp3) is 0.529. The van der Waals surface area contributed by atoms with Crippen LogP contribution in [-0.4, -0.2) is 29.9 Å². The molecule has 2 unspecified atom stereocenters. The Bertz CT molecular complexity index is 530. The highest BCUT2D eigenvalue weighted by molar-refractivity contribution is 5.94. The van der Waals surface area contributed by atoms with Crippen LogP contribution >= 0.6 is 0 Å². The zero-order chi connectivity index (χ0) is 15.4. The molecule has 1 aromatic rings. The van der Waals surface area contributed by atoms with Crippen LogP contribution < -0.4 is 5.32 Å². The summed E-state index contributed by atoms with van der Waals surface area (Å²) in [5.41, 5.74) is 1.34. The lowest BCUT2D eigenvalue weighted by Crippen LogP contribution is -2.40. The molecule has 112 valence electrons. The maximum atomic E-state index is 12.3. The zero-order valence-electron chi connectivity index (χ0n) is 13.0. The summed E-state index contributed by atoms with van der Waals surface area (Å²) in [6, 6.07) is 8.91. The number of amides is 1. The number of hydrogen-bond acceptors (Lipinski definition) is 3. The first kappa shape index (κ1) is 15.5. The van der Waals surface area contributed by atoms with Crippen LogP contribution in [0.4, 0.5) is 5.69 Å². The number of hydrogen-bond donors (Lipinski definition) is 1. The molecule has 0 saturated carbocycles. The van der Waals surface area contributed by atoms with E-state index in [2.05, 4.69) is 30.1 Å². The Hall–Kier alpha value is -1.86. The minimum atomic E-state index is -0.121. The first-order chi connectivity index (χ1) is 10.0. The number of carbonyl (C=O) groups excluding carboxylic acids is 1. The summed E-state index contributed by atoms with van der Waals surface area (Å²) in [5, 5.41) is 11.7. The molecule has 1 aromatic carbocycles. The van der Waals surface area contributed by atoms with Gasteiger partial charge in [0.05, 0.1) is 17.7 Å². The summed E-state index contributed by atoms with van der Waals surface area (Å²) in [6.45, 7) is 8.44. The average molecular weight is 285 g/mol. The van der Waals surface area contributed by atoms with Crippen molar-refractivity contribution in [2.45, 2.75) is 33.2 Å². The maximum absolute atomic E-state index is 12.3. The Morgan fingerprint density at radius 1 is 1.33 bits per heavy atom. The second-order valence-electron chi connectivity index (χ2n) is 6.14. The fourth-order valence-corrected chi connectivity index (χ4v) is 2.75. The van der Waals surface area contributed by atoms with E-state index < -0.39 is 0 Å². The van der Waals surface area contributed by atoms with Crippen molar-refractivity contribution >= 4 is 11.6 Å². The summed E-state index contributed by atoms with van der Waals surface area (Å²) >= 11 is 0. The van der Waals surface area contributed by atoms with Crippen molar-refractivity contribution in [1.29, 1.82) is 5.26 Å². The minimum Gasteiger partial charge on any atom is -0.325 e. The number of nitriles is 1. The molecule has 1 aliphatic heterocycles. The molecule has 0 radical (unpaired) electrons. The summed E-state index contributed by atoms with van der Waals surface area (Å²) in [4.78, 5) is 14.6. The van der Waals surface area contributed by atoms with Gasteiger partial charge in [-0.05, 0) is 56.0 Å². The van der Waals surface area contributed by atoms with E-state index in [1.165, 1.54) is 6.42 Å². The van der Waals surface area contributed by atoms with Crippen LogP contribution in [-0.2, 0) is 4.79 Å². The van der Waals surface area contributed by atoms with E-state index in [1.807, 2.05) is 6.92 Å². The Morgan fingerprint density at radius 3 is 2.52 bits per heavy atom. The van der Waals surface area contributed by atoms with Crippen LogP contribution in [0.3, 0.4) is 0 Å². The molecule has 0 aromatic heterocycles. The highest BCUT2D eigenvalue weighted by Gasteiger charge is 2.30. The third kappa shape index (κ3) is 3.83. The lowest BCUT2D eigenvalue weighted by Gasteiger charge is -2.24. The molecule has 4 nitrogen and oxygen atoms in total. The van der Waals surface area contributed by atoms with E-state index in [0.29, 0.717) is 17.4 Å². The Balaban J connectivity index is 1.92. The lowest BCUT2D eigenvalue weighted by atomic mass is 9.95. The van der Waals surface area contributed by atoms with Crippen molar-refractivity contribution in [3.63, 3.8) is 0 Å². The van der Waals surface area contributed by atoms with Gasteiger partial charge in [0.15, 0.2) is 0 Å². The lowest BCUT2D eigenvalue weighted by molar-refractivity contribution is -0.120. The Kier molecular flexibility index (Phi) is 4.98. The third-order valence-corrected chi connectivity index (χ3v) is 4.41. The number of rotatable bonds is 4. The van der Waals surface area contributed by atoms with Crippen molar-refractivity contribution in [1.82, 2.24) is 4.90 Å². The van der Waals surface area contributed by atoms with Gasteiger partial charge in [0.1, 0.15) is 0 Å². The smallest absolute Gasteiger partial charge is 0.241 e. The first-order valence-corrected chi connectivity index (χ1v) is 7.56. The molecule has 1 heterocycles.